The Morgan fingerprint density at radius 1 is 1.53 bits per heavy atom. The predicted molar refractivity (Wildman–Crippen MR) is 62.1 cm³/mol. The molecule has 0 spiro atoms. The lowest BCUT2D eigenvalue weighted by Crippen LogP contribution is -2.43. The van der Waals surface area contributed by atoms with Crippen LogP contribution in [0.2, 0.25) is 0 Å². The highest BCUT2D eigenvalue weighted by Crippen LogP contribution is 2.21. The minimum absolute atomic E-state index is 0.151. The summed E-state index contributed by atoms with van der Waals surface area (Å²) in [5.74, 6) is -1.70. The van der Waals surface area contributed by atoms with Crippen LogP contribution in [0.15, 0.2) is 17.5 Å². The van der Waals surface area contributed by atoms with Gasteiger partial charge in [0.1, 0.15) is 5.92 Å². The SMILES string of the molecule is CN(C(=O)c1cccs1)C1COCC1C(=O)O. The van der Waals surface area contributed by atoms with E-state index in [0.29, 0.717) is 4.88 Å². The maximum absolute atomic E-state index is 12.0. The molecule has 0 bridgehead atoms. The molecule has 6 heteroatoms. The fourth-order valence-corrected chi connectivity index (χ4v) is 2.59. The Balaban J connectivity index is 2.12. The number of aliphatic carboxylic acids is 1. The quantitative estimate of drug-likeness (QED) is 0.872. The van der Waals surface area contributed by atoms with Crippen molar-refractivity contribution in [2.24, 2.45) is 5.92 Å². The molecule has 0 aliphatic carbocycles. The van der Waals surface area contributed by atoms with E-state index in [1.807, 2.05) is 5.38 Å². The maximum atomic E-state index is 12.0. The summed E-state index contributed by atoms with van der Waals surface area (Å²) in [6.07, 6.45) is 0. The second-order valence-corrected chi connectivity index (χ2v) is 4.89. The summed E-state index contributed by atoms with van der Waals surface area (Å²) in [5, 5.41) is 10.8. The normalized spacial score (nSPS) is 23.6. The molecule has 1 aliphatic rings. The number of carboxylic acid groups (broad SMARTS) is 1. The van der Waals surface area contributed by atoms with Crippen molar-refractivity contribution < 1.29 is 19.4 Å². The van der Waals surface area contributed by atoms with E-state index in [9.17, 15) is 9.59 Å². The Kier molecular flexibility index (Phi) is 3.44. The second kappa shape index (κ2) is 4.85. The van der Waals surface area contributed by atoms with Crippen molar-refractivity contribution in [2.75, 3.05) is 20.3 Å². The number of rotatable bonds is 3. The summed E-state index contributed by atoms with van der Waals surface area (Å²) in [5.41, 5.74) is 0. The van der Waals surface area contributed by atoms with Gasteiger partial charge < -0.3 is 14.7 Å². The highest BCUT2D eigenvalue weighted by Gasteiger charge is 2.38. The van der Waals surface area contributed by atoms with Gasteiger partial charge >= 0.3 is 5.97 Å². The van der Waals surface area contributed by atoms with Crippen molar-refractivity contribution in [1.82, 2.24) is 4.90 Å². The molecule has 1 amide bonds. The topological polar surface area (TPSA) is 66.8 Å². The molecule has 2 heterocycles. The van der Waals surface area contributed by atoms with E-state index in [2.05, 4.69) is 0 Å². The van der Waals surface area contributed by atoms with Crippen LogP contribution in [0.3, 0.4) is 0 Å². The molecule has 17 heavy (non-hydrogen) atoms. The summed E-state index contributed by atoms with van der Waals surface area (Å²) >= 11 is 1.35. The molecule has 92 valence electrons. The largest absolute Gasteiger partial charge is 0.481 e. The maximum Gasteiger partial charge on any atom is 0.311 e. The minimum atomic E-state index is -0.918. The van der Waals surface area contributed by atoms with E-state index in [4.69, 9.17) is 9.84 Å². The first-order valence-corrected chi connectivity index (χ1v) is 6.10. The van der Waals surface area contributed by atoms with Crippen LogP contribution in [0.1, 0.15) is 9.67 Å². The molecular formula is C11H13NO4S. The Labute approximate surface area is 103 Å². The zero-order chi connectivity index (χ0) is 12.4. The third kappa shape index (κ3) is 2.32. The number of likely N-dealkylation sites (N-methyl/N-ethyl adjacent to an activating group) is 1. The van der Waals surface area contributed by atoms with E-state index >= 15 is 0 Å². The lowest BCUT2D eigenvalue weighted by Gasteiger charge is -2.25. The number of ether oxygens (including phenoxy) is 1. The molecule has 0 saturated carbocycles. The van der Waals surface area contributed by atoms with Crippen LogP contribution in [0.4, 0.5) is 0 Å². The second-order valence-electron chi connectivity index (χ2n) is 3.94. The molecule has 1 aliphatic heterocycles. The number of carbonyl (C=O) groups is 2. The van der Waals surface area contributed by atoms with Crippen LogP contribution in [-0.4, -0.2) is 48.2 Å². The molecule has 0 radical (unpaired) electrons. The van der Waals surface area contributed by atoms with Gasteiger partial charge in [-0.3, -0.25) is 9.59 Å². The highest BCUT2D eigenvalue weighted by atomic mass is 32.1. The summed E-state index contributed by atoms with van der Waals surface area (Å²) in [6.45, 7) is 0.451. The first-order chi connectivity index (χ1) is 8.11. The van der Waals surface area contributed by atoms with E-state index in [1.54, 1.807) is 19.2 Å². The molecule has 0 aromatic carbocycles. The third-order valence-corrected chi connectivity index (χ3v) is 3.78. The first kappa shape index (κ1) is 12.1. The van der Waals surface area contributed by atoms with Gasteiger partial charge in [0, 0.05) is 7.05 Å². The molecule has 5 nitrogen and oxygen atoms in total. The third-order valence-electron chi connectivity index (χ3n) is 2.92. The Hall–Kier alpha value is -1.40. The Bertz CT molecular complexity index is 417. The number of nitrogens with zero attached hydrogens (tertiary/aromatic N) is 1. The zero-order valence-corrected chi connectivity index (χ0v) is 10.1. The van der Waals surface area contributed by atoms with Crippen molar-refractivity contribution in [2.45, 2.75) is 6.04 Å². The van der Waals surface area contributed by atoms with Gasteiger partial charge in [-0.2, -0.15) is 0 Å². The van der Waals surface area contributed by atoms with Crippen LogP contribution in [-0.2, 0) is 9.53 Å². The fraction of sp³-hybridized carbons (Fsp3) is 0.455. The highest BCUT2D eigenvalue weighted by molar-refractivity contribution is 7.12. The molecule has 2 unspecified atom stereocenters. The van der Waals surface area contributed by atoms with E-state index in [-0.39, 0.29) is 25.2 Å². The monoisotopic (exact) mass is 255 g/mol. The van der Waals surface area contributed by atoms with Gasteiger partial charge in [0.05, 0.1) is 24.1 Å². The van der Waals surface area contributed by atoms with Gasteiger partial charge in [-0.05, 0) is 11.4 Å². The average molecular weight is 255 g/mol. The van der Waals surface area contributed by atoms with Gasteiger partial charge in [0.2, 0.25) is 0 Å². The molecule has 2 atom stereocenters. The predicted octanol–water partition coefficient (Wildman–Crippen LogP) is 0.920. The Morgan fingerprint density at radius 3 is 2.88 bits per heavy atom. The number of carbonyl (C=O) groups excluding carboxylic acids is 1. The van der Waals surface area contributed by atoms with Crippen molar-refractivity contribution >= 4 is 23.2 Å². The number of carboxylic acids is 1. The van der Waals surface area contributed by atoms with Crippen LogP contribution < -0.4 is 0 Å². The van der Waals surface area contributed by atoms with Gasteiger partial charge in [-0.25, -0.2) is 0 Å². The van der Waals surface area contributed by atoms with Gasteiger partial charge in [-0.1, -0.05) is 6.07 Å². The molecule has 1 saturated heterocycles. The number of hydrogen-bond donors (Lipinski definition) is 1. The van der Waals surface area contributed by atoms with Crippen molar-refractivity contribution in [3.8, 4) is 0 Å². The fourth-order valence-electron chi connectivity index (χ4n) is 1.89. The molecule has 1 fully saturated rings. The summed E-state index contributed by atoms with van der Waals surface area (Å²) in [4.78, 5) is 25.1. The van der Waals surface area contributed by atoms with E-state index in [0.717, 1.165) is 0 Å². The van der Waals surface area contributed by atoms with Gasteiger partial charge in [-0.15, -0.1) is 11.3 Å². The molecule has 1 N–H and O–H groups in total. The van der Waals surface area contributed by atoms with Crippen LogP contribution in [0.25, 0.3) is 0 Å². The van der Waals surface area contributed by atoms with Crippen LogP contribution in [0, 0.1) is 5.92 Å². The molecule has 1 aromatic heterocycles. The van der Waals surface area contributed by atoms with Crippen molar-refractivity contribution in [3.05, 3.63) is 22.4 Å². The standard InChI is InChI=1S/C11H13NO4S/c1-12(10(13)9-3-2-4-17-9)8-6-16-5-7(8)11(14)15/h2-4,7-8H,5-6H2,1H3,(H,14,15). The average Bonchev–Trinajstić information content (AvgIpc) is 2.97. The van der Waals surface area contributed by atoms with Gasteiger partial charge in [0.15, 0.2) is 0 Å². The van der Waals surface area contributed by atoms with E-state index in [1.165, 1.54) is 16.2 Å². The molecule has 2 rings (SSSR count). The Morgan fingerprint density at radius 2 is 2.29 bits per heavy atom. The van der Waals surface area contributed by atoms with Crippen LogP contribution >= 0.6 is 11.3 Å². The minimum Gasteiger partial charge on any atom is -0.481 e. The molecule has 1 aromatic rings. The summed E-state index contributed by atoms with van der Waals surface area (Å²) in [6, 6.07) is 3.14. The smallest absolute Gasteiger partial charge is 0.311 e. The lowest BCUT2D eigenvalue weighted by molar-refractivity contribution is -0.142. The van der Waals surface area contributed by atoms with Gasteiger partial charge in [0.25, 0.3) is 5.91 Å². The van der Waals surface area contributed by atoms with Crippen molar-refractivity contribution in [1.29, 1.82) is 0 Å². The summed E-state index contributed by atoms with van der Waals surface area (Å²) in [7, 11) is 1.62. The summed E-state index contributed by atoms with van der Waals surface area (Å²) < 4.78 is 5.15. The first-order valence-electron chi connectivity index (χ1n) is 5.22. The number of thiophene rings is 1. The zero-order valence-electron chi connectivity index (χ0n) is 9.33. The molecular weight excluding hydrogens is 242 g/mol. The number of amides is 1. The lowest BCUT2D eigenvalue weighted by atomic mass is 10.0. The number of hydrogen-bond acceptors (Lipinski definition) is 4. The van der Waals surface area contributed by atoms with E-state index < -0.39 is 11.9 Å². The van der Waals surface area contributed by atoms with Crippen LogP contribution in [0.5, 0.6) is 0 Å². The van der Waals surface area contributed by atoms with Crippen molar-refractivity contribution in [3.63, 3.8) is 0 Å².